The normalized spacial score (nSPS) is 11.7. The van der Waals surface area contributed by atoms with Crippen LogP contribution in [-0.4, -0.2) is 42.7 Å². The molecule has 0 atom stereocenters. The van der Waals surface area contributed by atoms with Crippen molar-refractivity contribution in [2.24, 2.45) is 0 Å². The van der Waals surface area contributed by atoms with Crippen molar-refractivity contribution < 1.29 is 13.2 Å². The van der Waals surface area contributed by atoms with Gasteiger partial charge >= 0.3 is 0 Å². The molecule has 4 aromatic rings. The van der Waals surface area contributed by atoms with Gasteiger partial charge in [0, 0.05) is 41.4 Å². The van der Waals surface area contributed by atoms with Gasteiger partial charge in [-0.3, -0.25) is 4.79 Å². The van der Waals surface area contributed by atoms with E-state index in [-0.39, 0.29) is 17.2 Å². The number of hydrogen-bond donors (Lipinski definition) is 1. The third kappa shape index (κ3) is 4.91. The van der Waals surface area contributed by atoms with E-state index in [1.165, 1.54) is 41.1 Å². The third-order valence-electron chi connectivity index (χ3n) is 4.34. The van der Waals surface area contributed by atoms with Crippen molar-refractivity contribution in [3.8, 4) is 21.8 Å². The molecule has 160 valence electrons. The number of amides is 1. The zero-order valence-electron chi connectivity index (χ0n) is 16.6. The Balaban J connectivity index is 1.40. The zero-order chi connectivity index (χ0) is 22.0. The van der Waals surface area contributed by atoms with Crippen LogP contribution >= 0.6 is 34.0 Å². The van der Waals surface area contributed by atoms with Gasteiger partial charge in [0.2, 0.25) is 15.9 Å². The lowest BCUT2D eigenvalue weighted by Gasteiger charge is -2.11. The molecule has 0 aliphatic heterocycles. The molecule has 4 rings (SSSR count). The molecule has 0 unspecified atom stereocenters. The summed E-state index contributed by atoms with van der Waals surface area (Å²) in [6, 6.07) is 8.52. The second kappa shape index (κ2) is 8.97. The molecular formula is C20H18N4O3S4. The van der Waals surface area contributed by atoms with E-state index < -0.39 is 10.0 Å². The summed E-state index contributed by atoms with van der Waals surface area (Å²) in [6.45, 7) is 0. The molecule has 1 aromatic carbocycles. The van der Waals surface area contributed by atoms with Gasteiger partial charge in [-0.05, 0) is 23.6 Å². The molecule has 0 saturated heterocycles. The number of nitrogens with zero attached hydrogens (tertiary/aromatic N) is 3. The van der Waals surface area contributed by atoms with Crippen LogP contribution in [0.3, 0.4) is 0 Å². The van der Waals surface area contributed by atoms with Crippen molar-refractivity contribution in [3.63, 3.8) is 0 Å². The number of carbonyl (C=O) groups excluding carboxylic acids is 1. The van der Waals surface area contributed by atoms with E-state index in [0.29, 0.717) is 10.8 Å². The molecule has 0 aliphatic rings. The monoisotopic (exact) mass is 490 g/mol. The van der Waals surface area contributed by atoms with Crippen molar-refractivity contribution in [1.82, 2.24) is 14.3 Å². The highest BCUT2D eigenvalue weighted by molar-refractivity contribution is 7.89. The number of anilines is 1. The van der Waals surface area contributed by atoms with E-state index in [1.807, 2.05) is 27.6 Å². The van der Waals surface area contributed by atoms with Crippen LogP contribution < -0.4 is 5.32 Å². The first-order valence-corrected chi connectivity index (χ1v) is 13.2. The van der Waals surface area contributed by atoms with Crippen molar-refractivity contribution >= 4 is 55.1 Å². The number of sulfonamides is 1. The average molecular weight is 491 g/mol. The van der Waals surface area contributed by atoms with Crippen LogP contribution in [0.2, 0.25) is 0 Å². The van der Waals surface area contributed by atoms with Crippen LogP contribution in [0.25, 0.3) is 21.8 Å². The van der Waals surface area contributed by atoms with Gasteiger partial charge in [-0.15, -0.1) is 22.7 Å². The van der Waals surface area contributed by atoms with E-state index in [9.17, 15) is 13.2 Å². The van der Waals surface area contributed by atoms with Crippen LogP contribution in [0.5, 0.6) is 0 Å². The van der Waals surface area contributed by atoms with E-state index in [2.05, 4.69) is 15.3 Å². The predicted molar refractivity (Wildman–Crippen MR) is 126 cm³/mol. The van der Waals surface area contributed by atoms with Crippen LogP contribution in [0.4, 0.5) is 5.13 Å². The summed E-state index contributed by atoms with van der Waals surface area (Å²) in [5, 5.41) is 11.9. The number of rotatable bonds is 7. The highest BCUT2D eigenvalue weighted by Gasteiger charge is 2.17. The summed E-state index contributed by atoms with van der Waals surface area (Å²) in [5.41, 5.74) is 3.23. The average Bonchev–Trinajstić information content (AvgIpc) is 3.49. The maximum atomic E-state index is 12.4. The van der Waals surface area contributed by atoms with Crippen molar-refractivity contribution in [2.45, 2.75) is 11.3 Å². The third-order valence-corrected chi connectivity index (χ3v) is 8.55. The summed E-state index contributed by atoms with van der Waals surface area (Å²) in [5.74, 6) is -0.185. The first-order chi connectivity index (χ1) is 14.8. The number of thiophene rings is 1. The first-order valence-electron chi connectivity index (χ1n) is 9.08. The highest BCUT2D eigenvalue weighted by atomic mass is 32.2. The Kier molecular flexibility index (Phi) is 6.30. The number of aromatic nitrogens is 2. The number of thiazole rings is 2. The molecule has 1 N–H and O–H groups in total. The fourth-order valence-electron chi connectivity index (χ4n) is 2.71. The molecule has 31 heavy (non-hydrogen) atoms. The van der Waals surface area contributed by atoms with Crippen LogP contribution in [0.15, 0.2) is 56.7 Å². The van der Waals surface area contributed by atoms with Gasteiger partial charge in [-0.2, -0.15) is 11.3 Å². The fraction of sp³-hybridized carbons (Fsp3) is 0.150. The number of nitrogens with one attached hydrogen (secondary N) is 1. The second-order valence-electron chi connectivity index (χ2n) is 6.73. The fourth-order valence-corrected chi connectivity index (χ4v) is 5.88. The number of benzene rings is 1. The molecule has 0 bridgehead atoms. The smallest absolute Gasteiger partial charge is 0.242 e. The molecule has 1 amide bonds. The maximum absolute atomic E-state index is 12.4. The van der Waals surface area contributed by atoms with Crippen molar-refractivity contribution in [3.05, 3.63) is 57.5 Å². The van der Waals surface area contributed by atoms with Crippen LogP contribution in [0.1, 0.15) is 5.69 Å². The molecule has 3 heterocycles. The van der Waals surface area contributed by atoms with Crippen molar-refractivity contribution in [2.75, 3.05) is 19.4 Å². The van der Waals surface area contributed by atoms with E-state index in [1.54, 1.807) is 35.6 Å². The Morgan fingerprint density at radius 3 is 2.45 bits per heavy atom. The highest BCUT2D eigenvalue weighted by Crippen LogP contribution is 2.28. The largest absolute Gasteiger partial charge is 0.302 e. The molecule has 0 radical (unpaired) electrons. The molecule has 11 heteroatoms. The Hall–Kier alpha value is -2.44. The molecule has 7 nitrogen and oxygen atoms in total. The molecular weight excluding hydrogens is 473 g/mol. The first kappa shape index (κ1) is 21.8. The molecule has 0 fully saturated rings. The maximum Gasteiger partial charge on any atom is 0.242 e. The summed E-state index contributed by atoms with van der Waals surface area (Å²) in [7, 11) is -0.489. The number of carbonyl (C=O) groups is 1. The van der Waals surface area contributed by atoms with Gasteiger partial charge in [-0.1, -0.05) is 12.1 Å². The topological polar surface area (TPSA) is 92.3 Å². The summed E-state index contributed by atoms with van der Waals surface area (Å²) in [6.07, 6.45) is 0.173. The summed E-state index contributed by atoms with van der Waals surface area (Å²) in [4.78, 5) is 21.6. The Morgan fingerprint density at radius 1 is 1.00 bits per heavy atom. The van der Waals surface area contributed by atoms with Gasteiger partial charge in [0.05, 0.1) is 22.7 Å². The predicted octanol–water partition coefficient (Wildman–Crippen LogP) is 4.43. The van der Waals surface area contributed by atoms with E-state index in [0.717, 1.165) is 21.8 Å². The van der Waals surface area contributed by atoms with Crippen molar-refractivity contribution in [1.29, 1.82) is 0 Å². The summed E-state index contributed by atoms with van der Waals surface area (Å²) < 4.78 is 25.5. The zero-order valence-corrected chi connectivity index (χ0v) is 19.9. The molecule has 0 aliphatic carbocycles. The lowest BCUT2D eigenvalue weighted by atomic mass is 10.2. The van der Waals surface area contributed by atoms with Crippen LogP contribution in [0, 0.1) is 0 Å². The second-order valence-corrected chi connectivity index (χ2v) is 11.4. The molecule has 0 saturated carbocycles. The summed E-state index contributed by atoms with van der Waals surface area (Å²) >= 11 is 4.44. The molecule has 3 aromatic heterocycles. The minimum absolute atomic E-state index is 0.173. The minimum atomic E-state index is -3.48. The number of hydrogen-bond acceptors (Lipinski definition) is 8. The standard InChI is InChI=1S/C20H18N4O3S4/c1-24(2)31(26,27)16-5-3-13(4-6-16)17-12-30-20(22-17)23-18(25)9-15-11-29-19(21-15)14-7-8-28-10-14/h3-8,10-12H,9H2,1-2H3,(H,22,23,25). The van der Waals surface area contributed by atoms with Gasteiger partial charge in [-0.25, -0.2) is 22.7 Å². The van der Waals surface area contributed by atoms with E-state index >= 15 is 0 Å². The minimum Gasteiger partial charge on any atom is -0.302 e. The van der Waals surface area contributed by atoms with Gasteiger partial charge in [0.15, 0.2) is 5.13 Å². The quantitative estimate of drug-likeness (QED) is 0.414. The van der Waals surface area contributed by atoms with Crippen LogP contribution in [-0.2, 0) is 21.2 Å². The van der Waals surface area contributed by atoms with Gasteiger partial charge in [0.25, 0.3) is 0 Å². The Morgan fingerprint density at radius 2 is 1.77 bits per heavy atom. The SMILES string of the molecule is CN(C)S(=O)(=O)c1ccc(-c2csc(NC(=O)Cc3csc(-c4ccsc4)n3)n2)cc1. The van der Waals surface area contributed by atoms with Gasteiger partial charge < -0.3 is 5.32 Å². The Bertz CT molecular complexity index is 1290. The lowest BCUT2D eigenvalue weighted by Crippen LogP contribution is -2.22. The molecule has 0 spiro atoms. The Labute approximate surface area is 192 Å². The van der Waals surface area contributed by atoms with Gasteiger partial charge in [0.1, 0.15) is 5.01 Å². The van der Waals surface area contributed by atoms with E-state index in [4.69, 9.17) is 0 Å². The lowest BCUT2D eigenvalue weighted by molar-refractivity contribution is -0.115.